The molecular formula is C15H16F3N3O3S. The first-order valence-corrected chi connectivity index (χ1v) is 9.34. The zero-order valence-corrected chi connectivity index (χ0v) is 14.1. The van der Waals surface area contributed by atoms with Crippen LogP contribution in [0.15, 0.2) is 35.2 Å². The minimum atomic E-state index is -4.51. The van der Waals surface area contributed by atoms with E-state index in [1.807, 2.05) is 0 Å². The number of nitrogens with zero attached hydrogens (tertiary/aromatic N) is 2. The molecule has 1 fully saturated rings. The van der Waals surface area contributed by atoms with Crippen LogP contribution in [0.25, 0.3) is 11.3 Å². The molecule has 10 heteroatoms. The number of alkyl halides is 3. The van der Waals surface area contributed by atoms with E-state index in [1.165, 1.54) is 6.20 Å². The summed E-state index contributed by atoms with van der Waals surface area (Å²) in [6.45, 7) is 0.745. The Morgan fingerprint density at radius 2 is 2.08 bits per heavy atom. The van der Waals surface area contributed by atoms with E-state index in [4.69, 9.17) is 4.42 Å². The Hall–Kier alpha value is -2.07. The van der Waals surface area contributed by atoms with Crippen molar-refractivity contribution in [1.82, 2.24) is 9.71 Å². The lowest BCUT2D eigenvalue weighted by Crippen LogP contribution is -2.36. The number of aromatic nitrogens is 1. The van der Waals surface area contributed by atoms with Gasteiger partial charge in [-0.15, -0.1) is 0 Å². The van der Waals surface area contributed by atoms with Crippen LogP contribution in [0.4, 0.5) is 18.9 Å². The highest BCUT2D eigenvalue weighted by molar-refractivity contribution is 7.88. The maximum Gasteiger partial charge on any atom is 0.416 e. The molecule has 1 saturated heterocycles. The summed E-state index contributed by atoms with van der Waals surface area (Å²) in [5.41, 5.74) is -0.170. The van der Waals surface area contributed by atoms with Crippen LogP contribution in [0.2, 0.25) is 0 Å². The van der Waals surface area contributed by atoms with Crippen molar-refractivity contribution in [2.24, 2.45) is 0 Å². The number of rotatable bonds is 4. The second kappa shape index (κ2) is 6.34. The smallest absolute Gasteiger partial charge is 0.416 e. The van der Waals surface area contributed by atoms with Crippen LogP contribution in [-0.4, -0.2) is 38.8 Å². The zero-order valence-electron chi connectivity index (χ0n) is 13.2. The fraction of sp³-hybridized carbons (Fsp3) is 0.400. The van der Waals surface area contributed by atoms with Gasteiger partial charge in [-0.05, 0) is 24.6 Å². The highest BCUT2D eigenvalue weighted by Gasteiger charge is 2.33. The molecule has 1 aromatic carbocycles. The molecule has 1 aliphatic heterocycles. The summed E-state index contributed by atoms with van der Waals surface area (Å²) in [6.07, 6.45) is -0.438. The van der Waals surface area contributed by atoms with E-state index in [9.17, 15) is 21.6 Å². The molecule has 2 heterocycles. The van der Waals surface area contributed by atoms with E-state index in [2.05, 4.69) is 9.71 Å². The van der Waals surface area contributed by atoms with E-state index in [0.717, 1.165) is 24.8 Å². The van der Waals surface area contributed by atoms with Gasteiger partial charge in [0.2, 0.25) is 10.0 Å². The van der Waals surface area contributed by atoms with Gasteiger partial charge in [-0.2, -0.15) is 13.2 Å². The van der Waals surface area contributed by atoms with Crippen molar-refractivity contribution >= 4 is 15.7 Å². The number of hydrogen-bond donors (Lipinski definition) is 1. The summed E-state index contributed by atoms with van der Waals surface area (Å²) >= 11 is 0. The van der Waals surface area contributed by atoms with Gasteiger partial charge < -0.3 is 9.32 Å². The monoisotopic (exact) mass is 375 g/mol. The minimum absolute atomic E-state index is 0.234. The normalized spacial score (nSPS) is 18.7. The Morgan fingerprint density at radius 3 is 2.68 bits per heavy atom. The molecule has 0 radical (unpaired) electrons. The van der Waals surface area contributed by atoms with Crippen LogP contribution < -0.4 is 9.62 Å². The molecule has 1 unspecified atom stereocenters. The lowest BCUT2D eigenvalue weighted by Gasteiger charge is -2.21. The molecular weight excluding hydrogens is 359 g/mol. The van der Waals surface area contributed by atoms with E-state index in [0.29, 0.717) is 25.2 Å². The maximum absolute atomic E-state index is 13.2. The van der Waals surface area contributed by atoms with E-state index >= 15 is 0 Å². The van der Waals surface area contributed by atoms with E-state index in [1.54, 1.807) is 11.0 Å². The number of oxazole rings is 1. The van der Waals surface area contributed by atoms with Crippen LogP contribution in [0.5, 0.6) is 0 Å². The summed E-state index contributed by atoms with van der Waals surface area (Å²) in [5, 5.41) is 0. The molecule has 25 heavy (non-hydrogen) atoms. The molecule has 2 aromatic rings. The van der Waals surface area contributed by atoms with Crippen LogP contribution >= 0.6 is 0 Å². The molecule has 6 nitrogen and oxygen atoms in total. The van der Waals surface area contributed by atoms with Gasteiger partial charge in [0.25, 0.3) is 0 Å². The highest BCUT2D eigenvalue weighted by Crippen LogP contribution is 2.36. The van der Waals surface area contributed by atoms with Crippen molar-refractivity contribution in [3.8, 4) is 11.3 Å². The summed E-state index contributed by atoms with van der Waals surface area (Å²) in [7, 11) is -3.37. The quantitative estimate of drug-likeness (QED) is 0.889. The molecule has 0 aliphatic carbocycles. The van der Waals surface area contributed by atoms with Crippen LogP contribution in [0, 0.1) is 0 Å². The molecule has 1 N–H and O–H groups in total. The average molecular weight is 375 g/mol. The third-order valence-electron chi connectivity index (χ3n) is 3.90. The zero-order chi connectivity index (χ0) is 18.2. The molecule has 1 atom stereocenters. The van der Waals surface area contributed by atoms with Crippen molar-refractivity contribution < 1.29 is 26.0 Å². The lowest BCUT2D eigenvalue weighted by molar-refractivity contribution is -0.137. The Bertz CT molecular complexity index is 851. The molecule has 0 amide bonds. The third kappa shape index (κ3) is 4.31. The standard InChI is InChI=1S/C15H16F3N3O3S/c1-25(22,23)20-12-2-3-21(8-12)13-5-10(14-7-19-9-24-14)4-11(6-13)15(16,17)18/h4-7,9,12,20H,2-3,8H2,1H3. The molecule has 1 aromatic heterocycles. The molecule has 0 spiro atoms. The molecule has 0 bridgehead atoms. The van der Waals surface area contributed by atoms with Crippen LogP contribution in [0.3, 0.4) is 0 Å². The number of sulfonamides is 1. The second-order valence-electron chi connectivity index (χ2n) is 5.95. The number of anilines is 1. The van der Waals surface area contributed by atoms with Crippen molar-refractivity contribution in [2.45, 2.75) is 18.6 Å². The van der Waals surface area contributed by atoms with Crippen molar-refractivity contribution in [3.05, 3.63) is 36.4 Å². The first-order chi connectivity index (χ1) is 11.6. The molecule has 136 valence electrons. The first-order valence-electron chi connectivity index (χ1n) is 7.45. The van der Waals surface area contributed by atoms with Gasteiger partial charge in [0.15, 0.2) is 12.2 Å². The van der Waals surface area contributed by atoms with Crippen LogP contribution in [0.1, 0.15) is 12.0 Å². The Kier molecular flexibility index (Phi) is 4.50. The van der Waals surface area contributed by atoms with Crippen molar-refractivity contribution in [3.63, 3.8) is 0 Å². The lowest BCUT2D eigenvalue weighted by atomic mass is 10.1. The minimum Gasteiger partial charge on any atom is -0.444 e. The van der Waals surface area contributed by atoms with Crippen LogP contribution in [-0.2, 0) is 16.2 Å². The Morgan fingerprint density at radius 1 is 1.32 bits per heavy atom. The van der Waals surface area contributed by atoms with Gasteiger partial charge in [-0.3, -0.25) is 0 Å². The summed E-state index contributed by atoms with van der Waals surface area (Å²) in [4.78, 5) is 5.45. The highest BCUT2D eigenvalue weighted by atomic mass is 32.2. The predicted octanol–water partition coefficient (Wildman–Crippen LogP) is 2.49. The largest absolute Gasteiger partial charge is 0.444 e. The van der Waals surface area contributed by atoms with Crippen molar-refractivity contribution in [2.75, 3.05) is 24.2 Å². The number of halogens is 3. The van der Waals surface area contributed by atoms with E-state index in [-0.39, 0.29) is 17.4 Å². The summed E-state index contributed by atoms with van der Waals surface area (Å²) in [6, 6.07) is 3.31. The number of nitrogens with one attached hydrogen (secondary N) is 1. The first kappa shape index (κ1) is 17.7. The third-order valence-corrected chi connectivity index (χ3v) is 4.66. The second-order valence-corrected chi connectivity index (χ2v) is 7.73. The average Bonchev–Trinajstić information content (AvgIpc) is 3.15. The topological polar surface area (TPSA) is 75.4 Å². The van der Waals surface area contributed by atoms with E-state index < -0.39 is 21.8 Å². The summed E-state index contributed by atoms with van der Waals surface area (Å²) in [5.74, 6) is 0.234. The maximum atomic E-state index is 13.2. The Balaban J connectivity index is 1.92. The van der Waals surface area contributed by atoms with Gasteiger partial charge in [-0.1, -0.05) is 0 Å². The molecule has 3 rings (SSSR count). The molecule has 1 aliphatic rings. The number of hydrogen-bond acceptors (Lipinski definition) is 5. The SMILES string of the molecule is CS(=O)(=O)NC1CCN(c2cc(-c3cnco3)cc(C(F)(F)F)c2)C1. The number of benzene rings is 1. The van der Waals surface area contributed by atoms with Gasteiger partial charge in [0.05, 0.1) is 18.0 Å². The summed E-state index contributed by atoms with van der Waals surface area (Å²) < 4.78 is 69.9. The Labute approximate surface area is 142 Å². The fourth-order valence-corrected chi connectivity index (χ4v) is 3.65. The fourth-order valence-electron chi connectivity index (χ4n) is 2.85. The van der Waals surface area contributed by atoms with Gasteiger partial charge in [0, 0.05) is 30.4 Å². The van der Waals surface area contributed by atoms with Crippen molar-refractivity contribution in [1.29, 1.82) is 0 Å². The predicted molar refractivity (Wildman–Crippen MR) is 85.5 cm³/mol. The van der Waals surface area contributed by atoms with Gasteiger partial charge in [0.1, 0.15) is 0 Å². The van der Waals surface area contributed by atoms with Gasteiger partial charge >= 0.3 is 6.18 Å². The molecule has 0 saturated carbocycles. The van der Waals surface area contributed by atoms with Gasteiger partial charge in [-0.25, -0.2) is 18.1 Å².